The van der Waals surface area contributed by atoms with Crippen molar-refractivity contribution in [2.75, 3.05) is 0 Å². The van der Waals surface area contributed by atoms with Gasteiger partial charge in [-0.15, -0.1) is 0 Å². The van der Waals surface area contributed by atoms with Crippen LogP contribution in [0.4, 0.5) is 0 Å². The predicted octanol–water partition coefficient (Wildman–Crippen LogP) is 6.98. The summed E-state index contributed by atoms with van der Waals surface area (Å²) in [5, 5.41) is 1.44. The van der Waals surface area contributed by atoms with Crippen molar-refractivity contribution in [1.82, 2.24) is 18.9 Å². The number of hydrogen-bond donors (Lipinski definition) is 0. The standard InChI is InChI=1S/C28H29ClN4O2/c1-3-5-15-24-31-27-26(28-30-21-13-9-10-14-22(21)33(24)28)23(35-25(34)16-6-4-2)18-32(27)17-19-11-7-8-12-20(19)29/h7-14,18H,3-6,15-17H2,1-2H3. The summed E-state index contributed by atoms with van der Waals surface area (Å²) in [6.07, 6.45) is 6.88. The van der Waals surface area contributed by atoms with Gasteiger partial charge in [-0.3, -0.25) is 9.20 Å². The van der Waals surface area contributed by atoms with Crippen LogP contribution < -0.4 is 4.74 Å². The summed E-state index contributed by atoms with van der Waals surface area (Å²) >= 11 is 6.49. The van der Waals surface area contributed by atoms with Gasteiger partial charge in [-0.1, -0.05) is 68.6 Å². The molecule has 35 heavy (non-hydrogen) atoms. The van der Waals surface area contributed by atoms with Crippen LogP contribution in [0.25, 0.3) is 27.7 Å². The van der Waals surface area contributed by atoms with Crippen molar-refractivity contribution < 1.29 is 9.53 Å². The number of halogens is 1. The zero-order valence-electron chi connectivity index (χ0n) is 20.1. The van der Waals surface area contributed by atoms with Gasteiger partial charge in [-0.2, -0.15) is 0 Å². The SMILES string of the molecule is CCCCC(=O)Oc1cn(Cc2ccccc2Cl)c2nc(CCCC)n3c4ccccc4nc3c12. The number of carbonyl (C=O) groups is 1. The molecule has 0 saturated carbocycles. The van der Waals surface area contributed by atoms with Crippen molar-refractivity contribution >= 4 is 45.3 Å². The fraction of sp³-hybridized carbons (Fsp3) is 0.321. The molecule has 180 valence electrons. The molecule has 0 aliphatic carbocycles. The number of ether oxygens (including phenoxy) is 1. The first-order valence-electron chi connectivity index (χ1n) is 12.3. The van der Waals surface area contributed by atoms with Gasteiger partial charge in [0.25, 0.3) is 0 Å². The van der Waals surface area contributed by atoms with E-state index in [2.05, 4.69) is 24.3 Å². The molecule has 0 amide bonds. The molecule has 0 unspecified atom stereocenters. The van der Waals surface area contributed by atoms with Crippen LogP contribution in [0.1, 0.15) is 57.3 Å². The lowest BCUT2D eigenvalue weighted by atomic mass is 10.2. The molecule has 0 aliphatic rings. The Balaban J connectivity index is 1.76. The number of aromatic nitrogens is 4. The second-order valence-electron chi connectivity index (χ2n) is 8.88. The van der Waals surface area contributed by atoms with Gasteiger partial charge in [0.15, 0.2) is 11.4 Å². The second kappa shape index (κ2) is 10.1. The Bertz CT molecular complexity index is 1520. The molecule has 5 rings (SSSR count). The topological polar surface area (TPSA) is 61.4 Å². The molecule has 0 N–H and O–H groups in total. The number of rotatable bonds is 9. The third-order valence-corrected chi connectivity index (χ3v) is 6.67. The molecule has 3 heterocycles. The first kappa shape index (κ1) is 23.4. The number of aryl methyl sites for hydroxylation is 1. The number of hydrogen-bond acceptors (Lipinski definition) is 4. The molecule has 7 heteroatoms. The third-order valence-electron chi connectivity index (χ3n) is 6.30. The van der Waals surface area contributed by atoms with Gasteiger partial charge in [-0.25, -0.2) is 9.97 Å². The molecule has 5 aromatic rings. The van der Waals surface area contributed by atoms with Gasteiger partial charge in [0.05, 0.1) is 17.6 Å². The monoisotopic (exact) mass is 488 g/mol. The number of nitrogens with zero attached hydrogens (tertiary/aromatic N) is 4. The Morgan fingerprint density at radius 2 is 1.74 bits per heavy atom. The maximum absolute atomic E-state index is 12.7. The molecule has 0 atom stereocenters. The Kier molecular flexibility index (Phi) is 6.73. The Hall–Kier alpha value is -3.38. The number of carbonyl (C=O) groups excluding carboxylic acids is 1. The molecule has 2 aromatic carbocycles. The summed E-state index contributed by atoms with van der Waals surface area (Å²) in [7, 11) is 0. The number of esters is 1. The van der Waals surface area contributed by atoms with Crippen LogP contribution in [0.3, 0.4) is 0 Å². The van der Waals surface area contributed by atoms with Crippen LogP contribution >= 0.6 is 11.6 Å². The molecular formula is C28H29ClN4O2. The second-order valence-corrected chi connectivity index (χ2v) is 9.29. The van der Waals surface area contributed by atoms with Crippen molar-refractivity contribution in [2.24, 2.45) is 0 Å². The van der Waals surface area contributed by atoms with Crippen molar-refractivity contribution in [3.63, 3.8) is 0 Å². The van der Waals surface area contributed by atoms with Gasteiger partial charge in [0.2, 0.25) is 0 Å². The molecule has 0 radical (unpaired) electrons. The highest BCUT2D eigenvalue weighted by molar-refractivity contribution is 6.31. The molecule has 0 spiro atoms. The minimum Gasteiger partial charge on any atom is -0.424 e. The van der Waals surface area contributed by atoms with E-state index in [1.54, 1.807) is 0 Å². The van der Waals surface area contributed by atoms with E-state index in [0.717, 1.165) is 71.2 Å². The zero-order valence-corrected chi connectivity index (χ0v) is 20.9. The smallest absolute Gasteiger partial charge is 0.311 e. The van der Waals surface area contributed by atoms with Gasteiger partial charge < -0.3 is 9.30 Å². The average molecular weight is 489 g/mol. The Morgan fingerprint density at radius 1 is 0.971 bits per heavy atom. The highest BCUT2D eigenvalue weighted by Crippen LogP contribution is 2.35. The van der Waals surface area contributed by atoms with E-state index < -0.39 is 0 Å². The number of para-hydroxylation sites is 2. The van der Waals surface area contributed by atoms with Crippen molar-refractivity contribution in [1.29, 1.82) is 0 Å². The summed E-state index contributed by atoms with van der Waals surface area (Å²) in [5.74, 6) is 1.20. The van der Waals surface area contributed by atoms with E-state index in [1.165, 1.54) is 0 Å². The lowest BCUT2D eigenvalue weighted by molar-refractivity contribution is -0.134. The fourth-order valence-corrected chi connectivity index (χ4v) is 4.68. The van der Waals surface area contributed by atoms with Gasteiger partial charge >= 0.3 is 5.97 Å². The summed E-state index contributed by atoms with van der Waals surface area (Å²) in [5.41, 5.74) is 4.38. The largest absolute Gasteiger partial charge is 0.424 e. The lowest BCUT2D eigenvalue weighted by Gasteiger charge is -2.10. The van der Waals surface area contributed by atoms with E-state index in [0.29, 0.717) is 23.7 Å². The van der Waals surface area contributed by atoms with Gasteiger partial charge in [-0.05, 0) is 36.6 Å². The molecule has 6 nitrogen and oxygen atoms in total. The first-order valence-corrected chi connectivity index (χ1v) is 12.7. The van der Waals surface area contributed by atoms with E-state index >= 15 is 0 Å². The summed E-state index contributed by atoms with van der Waals surface area (Å²) in [4.78, 5) is 22.8. The maximum Gasteiger partial charge on any atom is 0.311 e. The van der Waals surface area contributed by atoms with E-state index in [4.69, 9.17) is 26.3 Å². The van der Waals surface area contributed by atoms with E-state index in [1.807, 2.05) is 53.2 Å². The van der Waals surface area contributed by atoms with Gasteiger partial charge in [0, 0.05) is 24.1 Å². The van der Waals surface area contributed by atoms with E-state index in [-0.39, 0.29) is 5.97 Å². The molecule has 0 bridgehead atoms. The number of fused-ring (bicyclic) bond motifs is 5. The summed E-state index contributed by atoms with van der Waals surface area (Å²) in [6.45, 7) is 4.75. The number of unbranched alkanes of at least 4 members (excludes halogenated alkanes) is 2. The quantitative estimate of drug-likeness (QED) is 0.210. The molecule has 3 aromatic heterocycles. The molecule has 0 aliphatic heterocycles. The Labute approximate surface area is 209 Å². The zero-order chi connectivity index (χ0) is 24.4. The maximum atomic E-state index is 12.7. The predicted molar refractivity (Wildman–Crippen MR) is 140 cm³/mol. The van der Waals surface area contributed by atoms with Crippen molar-refractivity contribution in [3.8, 4) is 5.75 Å². The van der Waals surface area contributed by atoms with Crippen LogP contribution in [0, 0.1) is 0 Å². The first-order chi connectivity index (χ1) is 17.1. The Morgan fingerprint density at radius 3 is 2.54 bits per heavy atom. The van der Waals surface area contributed by atoms with Crippen LogP contribution in [-0.4, -0.2) is 24.9 Å². The van der Waals surface area contributed by atoms with Gasteiger partial charge in [0.1, 0.15) is 16.9 Å². The molecule has 0 saturated heterocycles. The average Bonchev–Trinajstić information content (AvgIpc) is 3.41. The van der Waals surface area contributed by atoms with Crippen LogP contribution in [0.5, 0.6) is 5.75 Å². The fourth-order valence-electron chi connectivity index (χ4n) is 4.48. The van der Waals surface area contributed by atoms with Crippen molar-refractivity contribution in [2.45, 2.75) is 58.9 Å². The third kappa shape index (κ3) is 4.50. The highest BCUT2D eigenvalue weighted by Gasteiger charge is 2.22. The summed E-state index contributed by atoms with van der Waals surface area (Å²) in [6, 6.07) is 15.8. The van der Waals surface area contributed by atoms with Crippen LogP contribution in [0.15, 0.2) is 54.7 Å². The molecule has 0 fully saturated rings. The van der Waals surface area contributed by atoms with E-state index in [9.17, 15) is 4.79 Å². The highest BCUT2D eigenvalue weighted by atomic mass is 35.5. The van der Waals surface area contributed by atoms with Crippen molar-refractivity contribution in [3.05, 3.63) is 71.1 Å². The lowest BCUT2D eigenvalue weighted by Crippen LogP contribution is -2.07. The normalized spacial score (nSPS) is 11.6. The minimum atomic E-state index is -0.243. The number of imidazole rings is 1. The molecular weight excluding hydrogens is 460 g/mol. The minimum absolute atomic E-state index is 0.243. The number of benzene rings is 2. The van der Waals surface area contributed by atoms with Crippen LogP contribution in [-0.2, 0) is 17.8 Å². The van der Waals surface area contributed by atoms with Crippen LogP contribution in [0.2, 0.25) is 5.02 Å². The summed E-state index contributed by atoms with van der Waals surface area (Å²) < 4.78 is 10.1.